The fraction of sp³-hybridized carbons (Fsp3) is 0.429. The third kappa shape index (κ3) is 2.63. The maximum atomic E-state index is 13.1. The average molecular weight is 300 g/mol. The molecule has 1 aromatic carbocycles. The predicted molar refractivity (Wildman–Crippen MR) is 72.3 cm³/mol. The lowest BCUT2D eigenvalue weighted by Crippen LogP contribution is -2.47. The number of rotatable bonds is 3. The fourth-order valence-electron chi connectivity index (χ4n) is 2.53. The zero-order valence-electron chi connectivity index (χ0n) is 11.0. The predicted octanol–water partition coefficient (Wildman–Crippen LogP) is 2.85. The molecule has 1 amide bonds. The molecule has 108 valence electrons. The highest BCUT2D eigenvalue weighted by molar-refractivity contribution is 6.31. The van der Waals surface area contributed by atoms with Crippen LogP contribution in [-0.2, 0) is 4.79 Å². The molecule has 1 aliphatic rings. The van der Waals surface area contributed by atoms with Crippen LogP contribution in [0.1, 0.15) is 36.5 Å². The smallest absolute Gasteiger partial charge is 0.311 e. The molecule has 2 atom stereocenters. The molecule has 4 nitrogen and oxygen atoms in total. The van der Waals surface area contributed by atoms with Gasteiger partial charge in [-0.15, -0.1) is 0 Å². The van der Waals surface area contributed by atoms with Crippen LogP contribution in [0.2, 0.25) is 5.02 Å². The Labute approximate surface area is 120 Å². The van der Waals surface area contributed by atoms with Gasteiger partial charge in [0.1, 0.15) is 5.82 Å². The van der Waals surface area contributed by atoms with Gasteiger partial charge in [-0.2, -0.15) is 0 Å². The minimum atomic E-state index is -0.959. The van der Waals surface area contributed by atoms with Gasteiger partial charge in [0, 0.05) is 11.6 Å². The summed E-state index contributed by atoms with van der Waals surface area (Å²) in [5, 5.41) is 11.9. The first kappa shape index (κ1) is 14.8. The summed E-state index contributed by atoms with van der Waals surface area (Å²) in [5.74, 6) is -1.96. The maximum absolute atomic E-state index is 13.1. The third-order valence-corrected chi connectivity index (χ3v) is 4.22. The summed E-state index contributed by atoms with van der Waals surface area (Å²) in [7, 11) is 0. The van der Waals surface area contributed by atoms with Crippen LogP contribution in [-0.4, -0.2) is 23.0 Å². The summed E-state index contributed by atoms with van der Waals surface area (Å²) in [4.78, 5) is 23.4. The monoisotopic (exact) mass is 299 g/mol. The fourth-order valence-corrected chi connectivity index (χ4v) is 2.71. The summed E-state index contributed by atoms with van der Waals surface area (Å²) >= 11 is 5.63. The van der Waals surface area contributed by atoms with Crippen molar-refractivity contribution in [3.63, 3.8) is 0 Å². The van der Waals surface area contributed by atoms with Crippen LogP contribution >= 0.6 is 11.6 Å². The van der Waals surface area contributed by atoms with Crippen LogP contribution in [0.25, 0.3) is 0 Å². The van der Waals surface area contributed by atoms with E-state index in [1.807, 2.05) is 0 Å². The van der Waals surface area contributed by atoms with Crippen LogP contribution in [0.15, 0.2) is 18.2 Å². The van der Waals surface area contributed by atoms with Gasteiger partial charge in [-0.05, 0) is 38.0 Å². The molecule has 0 heterocycles. The van der Waals surface area contributed by atoms with Gasteiger partial charge in [0.2, 0.25) is 0 Å². The number of amides is 1. The van der Waals surface area contributed by atoms with Gasteiger partial charge in [0.05, 0.1) is 10.4 Å². The Morgan fingerprint density at radius 3 is 2.80 bits per heavy atom. The van der Waals surface area contributed by atoms with Crippen molar-refractivity contribution in [1.82, 2.24) is 5.32 Å². The van der Waals surface area contributed by atoms with E-state index in [9.17, 15) is 19.1 Å². The number of benzene rings is 1. The van der Waals surface area contributed by atoms with Crippen LogP contribution < -0.4 is 5.32 Å². The van der Waals surface area contributed by atoms with Gasteiger partial charge in [-0.1, -0.05) is 18.0 Å². The quantitative estimate of drug-likeness (QED) is 0.902. The first-order valence-electron chi connectivity index (χ1n) is 6.34. The molecule has 0 aliphatic heterocycles. The number of carboxylic acid groups (broad SMARTS) is 1. The second-order valence-electron chi connectivity index (χ2n) is 5.27. The zero-order chi connectivity index (χ0) is 14.9. The summed E-state index contributed by atoms with van der Waals surface area (Å²) in [6, 6.07) is 3.24. The van der Waals surface area contributed by atoms with Crippen molar-refractivity contribution in [2.24, 2.45) is 5.41 Å². The SMILES string of the molecule is CC1(C(=O)O)CCCC1NC(=O)c1ccc(F)c(Cl)c1. The highest BCUT2D eigenvalue weighted by Crippen LogP contribution is 2.38. The molecule has 20 heavy (non-hydrogen) atoms. The number of hydrogen-bond donors (Lipinski definition) is 2. The summed E-state index contributed by atoms with van der Waals surface area (Å²) in [6.45, 7) is 1.63. The topological polar surface area (TPSA) is 66.4 Å². The summed E-state index contributed by atoms with van der Waals surface area (Å²) < 4.78 is 13.1. The first-order chi connectivity index (χ1) is 9.34. The van der Waals surface area contributed by atoms with Crippen LogP contribution in [0.3, 0.4) is 0 Å². The molecule has 0 aromatic heterocycles. The van der Waals surface area contributed by atoms with Crippen LogP contribution in [0.4, 0.5) is 4.39 Å². The molecule has 1 fully saturated rings. The molecule has 0 spiro atoms. The molecule has 0 bridgehead atoms. The lowest BCUT2D eigenvalue weighted by molar-refractivity contribution is -0.148. The summed E-state index contributed by atoms with van der Waals surface area (Å²) in [5.41, 5.74) is -0.740. The van der Waals surface area contributed by atoms with Gasteiger partial charge in [-0.3, -0.25) is 9.59 Å². The molecule has 0 saturated heterocycles. The molecule has 1 aliphatic carbocycles. The number of carboxylic acids is 1. The second-order valence-corrected chi connectivity index (χ2v) is 5.68. The van der Waals surface area contributed by atoms with Gasteiger partial charge >= 0.3 is 5.97 Å². The number of aliphatic carboxylic acids is 1. The zero-order valence-corrected chi connectivity index (χ0v) is 11.7. The number of hydrogen-bond acceptors (Lipinski definition) is 2. The van der Waals surface area contributed by atoms with E-state index >= 15 is 0 Å². The van der Waals surface area contributed by atoms with E-state index in [1.165, 1.54) is 12.1 Å². The normalized spacial score (nSPS) is 25.4. The molecule has 0 radical (unpaired) electrons. The van der Waals surface area contributed by atoms with E-state index in [0.717, 1.165) is 12.5 Å². The van der Waals surface area contributed by atoms with Crippen molar-refractivity contribution in [1.29, 1.82) is 0 Å². The molecule has 1 saturated carbocycles. The molecule has 2 unspecified atom stereocenters. The molecule has 1 aromatic rings. The molecule has 2 N–H and O–H groups in total. The number of carbonyl (C=O) groups excluding carboxylic acids is 1. The minimum Gasteiger partial charge on any atom is -0.481 e. The van der Waals surface area contributed by atoms with E-state index < -0.39 is 29.2 Å². The Balaban J connectivity index is 2.15. The Morgan fingerprint density at radius 2 is 2.20 bits per heavy atom. The highest BCUT2D eigenvalue weighted by Gasteiger charge is 2.45. The van der Waals surface area contributed by atoms with Crippen molar-refractivity contribution >= 4 is 23.5 Å². The van der Waals surface area contributed by atoms with Gasteiger partial charge in [0.15, 0.2) is 0 Å². The Morgan fingerprint density at radius 1 is 1.50 bits per heavy atom. The Bertz CT molecular complexity index is 563. The maximum Gasteiger partial charge on any atom is 0.311 e. The van der Waals surface area contributed by atoms with Crippen LogP contribution in [0, 0.1) is 11.2 Å². The largest absolute Gasteiger partial charge is 0.481 e. The van der Waals surface area contributed by atoms with E-state index in [2.05, 4.69) is 5.32 Å². The van der Waals surface area contributed by atoms with Gasteiger partial charge in [0.25, 0.3) is 5.91 Å². The number of halogens is 2. The standard InChI is InChI=1S/C14H15ClFNO3/c1-14(13(19)20)6-2-3-11(14)17-12(18)8-4-5-10(16)9(15)7-8/h4-5,7,11H,2-3,6H2,1H3,(H,17,18)(H,19,20). The lowest BCUT2D eigenvalue weighted by Gasteiger charge is -2.27. The van der Waals surface area contributed by atoms with E-state index in [0.29, 0.717) is 12.8 Å². The second kappa shape index (κ2) is 5.40. The van der Waals surface area contributed by atoms with Gasteiger partial charge < -0.3 is 10.4 Å². The molecular weight excluding hydrogens is 285 g/mol. The van der Waals surface area contributed by atoms with Crippen molar-refractivity contribution in [2.75, 3.05) is 0 Å². The average Bonchev–Trinajstić information content (AvgIpc) is 2.75. The number of nitrogens with one attached hydrogen (secondary N) is 1. The lowest BCUT2D eigenvalue weighted by atomic mass is 9.85. The van der Waals surface area contributed by atoms with Crippen molar-refractivity contribution < 1.29 is 19.1 Å². The molecule has 6 heteroatoms. The first-order valence-corrected chi connectivity index (χ1v) is 6.71. The number of carbonyl (C=O) groups is 2. The van der Waals surface area contributed by atoms with Crippen molar-refractivity contribution in [3.05, 3.63) is 34.6 Å². The molecule has 2 rings (SSSR count). The van der Waals surface area contributed by atoms with E-state index in [4.69, 9.17) is 11.6 Å². The third-order valence-electron chi connectivity index (χ3n) is 3.93. The van der Waals surface area contributed by atoms with Crippen LogP contribution in [0.5, 0.6) is 0 Å². The Kier molecular flexibility index (Phi) is 3.99. The molecular formula is C14H15ClFNO3. The summed E-state index contributed by atoms with van der Waals surface area (Å²) in [6.07, 6.45) is 1.89. The van der Waals surface area contributed by atoms with Crippen molar-refractivity contribution in [3.8, 4) is 0 Å². The van der Waals surface area contributed by atoms with E-state index in [1.54, 1.807) is 6.92 Å². The van der Waals surface area contributed by atoms with E-state index in [-0.39, 0.29) is 10.6 Å². The minimum absolute atomic E-state index is 0.134. The van der Waals surface area contributed by atoms with Crippen molar-refractivity contribution in [2.45, 2.75) is 32.2 Å². The van der Waals surface area contributed by atoms with Gasteiger partial charge in [-0.25, -0.2) is 4.39 Å². The highest BCUT2D eigenvalue weighted by atomic mass is 35.5. The Hall–Kier alpha value is -1.62.